The summed E-state index contributed by atoms with van der Waals surface area (Å²) in [5.74, 6) is -0.208. The van der Waals surface area contributed by atoms with E-state index < -0.39 is 0 Å². The van der Waals surface area contributed by atoms with Crippen LogP contribution in [0.25, 0.3) is 0 Å². The van der Waals surface area contributed by atoms with Gasteiger partial charge in [-0.1, -0.05) is 32.4 Å². The monoisotopic (exact) mass is 250 g/mol. The van der Waals surface area contributed by atoms with Gasteiger partial charge in [0, 0.05) is 6.92 Å². The third kappa shape index (κ3) is 4.01. The smallest absolute Gasteiger partial charge is 0.303 e. The number of rotatable bonds is 4. The van der Waals surface area contributed by atoms with Crippen molar-refractivity contribution in [2.45, 2.75) is 66.4 Å². The molecule has 0 N–H and O–H groups in total. The van der Waals surface area contributed by atoms with Crippen molar-refractivity contribution in [2.75, 3.05) is 0 Å². The van der Waals surface area contributed by atoms with Crippen LogP contribution in [0.5, 0.6) is 0 Å². The molecule has 0 aliphatic heterocycles. The average molecular weight is 250 g/mol. The average Bonchev–Trinajstić information content (AvgIpc) is 2.25. The molecule has 2 nitrogen and oxygen atoms in total. The van der Waals surface area contributed by atoms with Crippen LogP contribution >= 0.6 is 0 Å². The summed E-state index contributed by atoms with van der Waals surface area (Å²) in [5.41, 5.74) is 3.13. The van der Waals surface area contributed by atoms with Gasteiger partial charge in [0.25, 0.3) is 0 Å². The van der Waals surface area contributed by atoms with Gasteiger partial charge in [0.15, 0.2) is 0 Å². The van der Waals surface area contributed by atoms with Crippen molar-refractivity contribution in [3.63, 3.8) is 0 Å². The van der Waals surface area contributed by atoms with Crippen LogP contribution in [-0.2, 0) is 9.53 Å². The van der Waals surface area contributed by atoms with E-state index in [2.05, 4.69) is 26.8 Å². The van der Waals surface area contributed by atoms with E-state index in [-0.39, 0.29) is 17.5 Å². The lowest BCUT2D eigenvalue weighted by Gasteiger charge is -2.33. The molecule has 0 radical (unpaired) electrons. The second-order valence-electron chi connectivity index (χ2n) is 5.85. The largest absolute Gasteiger partial charge is 0.458 e. The molecule has 0 spiro atoms. The Kier molecular flexibility index (Phi) is 5.18. The molecular weight excluding hydrogens is 224 g/mol. The van der Waals surface area contributed by atoms with Gasteiger partial charge in [0.05, 0.1) is 0 Å². The van der Waals surface area contributed by atoms with Crippen molar-refractivity contribution < 1.29 is 9.53 Å². The molecule has 1 rings (SSSR count). The number of hydrogen-bond acceptors (Lipinski definition) is 2. The Morgan fingerprint density at radius 3 is 2.67 bits per heavy atom. The van der Waals surface area contributed by atoms with E-state index in [0.29, 0.717) is 0 Å². The van der Waals surface area contributed by atoms with Crippen LogP contribution in [-0.4, -0.2) is 12.1 Å². The van der Waals surface area contributed by atoms with Crippen molar-refractivity contribution in [3.8, 4) is 0 Å². The molecule has 102 valence electrons. The first-order valence-electron chi connectivity index (χ1n) is 6.92. The molecule has 0 aromatic heterocycles. The highest BCUT2D eigenvalue weighted by Crippen LogP contribution is 2.40. The van der Waals surface area contributed by atoms with Crippen LogP contribution in [0.15, 0.2) is 23.3 Å². The molecule has 0 saturated carbocycles. The van der Waals surface area contributed by atoms with Gasteiger partial charge in [-0.2, -0.15) is 0 Å². The Labute approximate surface area is 111 Å². The van der Waals surface area contributed by atoms with E-state index in [9.17, 15) is 4.79 Å². The fraction of sp³-hybridized carbons (Fsp3) is 0.688. The van der Waals surface area contributed by atoms with Crippen LogP contribution in [0.1, 0.15) is 60.3 Å². The summed E-state index contributed by atoms with van der Waals surface area (Å²) in [7, 11) is 0. The second kappa shape index (κ2) is 6.21. The third-order valence-corrected chi connectivity index (χ3v) is 3.74. The van der Waals surface area contributed by atoms with Crippen LogP contribution in [0.3, 0.4) is 0 Å². The van der Waals surface area contributed by atoms with E-state index in [1.54, 1.807) is 0 Å². The SMILES string of the molecule is CCC(/C=C/C1=C(C)CCCC1(C)C)OC(C)=O. The Morgan fingerprint density at radius 2 is 2.17 bits per heavy atom. The molecule has 0 saturated heterocycles. The summed E-state index contributed by atoms with van der Waals surface area (Å²) in [5, 5.41) is 0. The first-order chi connectivity index (χ1) is 8.36. The lowest BCUT2D eigenvalue weighted by Crippen LogP contribution is -2.20. The summed E-state index contributed by atoms with van der Waals surface area (Å²) in [4.78, 5) is 11.0. The maximum Gasteiger partial charge on any atom is 0.303 e. The number of hydrogen-bond donors (Lipinski definition) is 0. The van der Waals surface area contributed by atoms with Gasteiger partial charge in [0.1, 0.15) is 6.10 Å². The highest BCUT2D eigenvalue weighted by molar-refractivity contribution is 5.66. The maximum absolute atomic E-state index is 11.0. The molecule has 18 heavy (non-hydrogen) atoms. The molecule has 2 heteroatoms. The van der Waals surface area contributed by atoms with E-state index in [4.69, 9.17) is 4.74 Å². The van der Waals surface area contributed by atoms with Gasteiger partial charge in [-0.15, -0.1) is 0 Å². The van der Waals surface area contributed by atoms with Crippen molar-refractivity contribution >= 4 is 5.97 Å². The summed E-state index contributed by atoms with van der Waals surface area (Å²) < 4.78 is 5.25. The normalized spacial score (nSPS) is 21.2. The first-order valence-corrected chi connectivity index (χ1v) is 6.92. The Balaban J connectivity index is 2.83. The zero-order chi connectivity index (χ0) is 13.8. The van der Waals surface area contributed by atoms with Crippen molar-refractivity contribution in [1.82, 2.24) is 0 Å². The minimum absolute atomic E-state index is 0.0967. The summed E-state index contributed by atoms with van der Waals surface area (Å²) in [6.45, 7) is 10.3. The molecule has 1 aliphatic rings. The summed E-state index contributed by atoms with van der Waals surface area (Å²) in [6, 6.07) is 0. The first kappa shape index (κ1) is 15.0. The van der Waals surface area contributed by atoms with Gasteiger partial charge < -0.3 is 4.74 Å². The molecule has 0 fully saturated rings. The standard InChI is InChI=1S/C16H26O2/c1-6-14(18-13(3)17)9-10-15-12(2)8-7-11-16(15,4)5/h9-10,14H,6-8,11H2,1-5H3/b10-9+. The van der Waals surface area contributed by atoms with Crippen LogP contribution in [0.2, 0.25) is 0 Å². The molecule has 1 atom stereocenters. The van der Waals surface area contributed by atoms with Crippen molar-refractivity contribution in [1.29, 1.82) is 0 Å². The summed E-state index contributed by atoms with van der Waals surface area (Å²) >= 11 is 0. The molecular formula is C16H26O2. The fourth-order valence-corrected chi connectivity index (χ4v) is 2.69. The zero-order valence-electron chi connectivity index (χ0n) is 12.4. The molecule has 1 unspecified atom stereocenters. The third-order valence-electron chi connectivity index (χ3n) is 3.74. The van der Waals surface area contributed by atoms with Crippen molar-refractivity contribution in [3.05, 3.63) is 23.3 Å². The van der Waals surface area contributed by atoms with E-state index in [0.717, 1.165) is 6.42 Å². The van der Waals surface area contributed by atoms with E-state index >= 15 is 0 Å². The number of carbonyl (C=O) groups excluding carboxylic acids is 1. The minimum Gasteiger partial charge on any atom is -0.458 e. The lowest BCUT2D eigenvalue weighted by molar-refractivity contribution is -0.144. The maximum atomic E-state index is 11.0. The molecule has 0 aromatic rings. The number of carbonyl (C=O) groups is 1. The second-order valence-corrected chi connectivity index (χ2v) is 5.85. The van der Waals surface area contributed by atoms with E-state index in [1.807, 2.05) is 13.0 Å². The van der Waals surface area contributed by atoms with Gasteiger partial charge in [-0.25, -0.2) is 0 Å². The Hall–Kier alpha value is -1.05. The van der Waals surface area contributed by atoms with Crippen molar-refractivity contribution in [2.24, 2.45) is 5.41 Å². The van der Waals surface area contributed by atoms with Gasteiger partial charge in [-0.3, -0.25) is 4.79 Å². The molecule has 1 aliphatic carbocycles. The van der Waals surface area contributed by atoms with Crippen LogP contribution in [0, 0.1) is 5.41 Å². The zero-order valence-corrected chi connectivity index (χ0v) is 12.4. The fourth-order valence-electron chi connectivity index (χ4n) is 2.69. The highest BCUT2D eigenvalue weighted by atomic mass is 16.5. The highest BCUT2D eigenvalue weighted by Gasteiger charge is 2.26. The van der Waals surface area contributed by atoms with E-state index in [1.165, 1.54) is 37.3 Å². The van der Waals surface area contributed by atoms with Gasteiger partial charge >= 0.3 is 5.97 Å². The molecule has 0 bridgehead atoms. The van der Waals surface area contributed by atoms with Crippen LogP contribution < -0.4 is 0 Å². The number of esters is 1. The topological polar surface area (TPSA) is 26.3 Å². The minimum atomic E-state index is -0.208. The van der Waals surface area contributed by atoms with Gasteiger partial charge in [-0.05, 0) is 49.7 Å². The molecule has 0 heterocycles. The lowest BCUT2D eigenvalue weighted by atomic mass is 9.72. The Morgan fingerprint density at radius 1 is 1.50 bits per heavy atom. The number of allylic oxidation sites excluding steroid dienone is 3. The predicted molar refractivity (Wildman–Crippen MR) is 75.3 cm³/mol. The molecule has 0 aromatic carbocycles. The summed E-state index contributed by atoms with van der Waals surface area (Å²) in [6.07, 6.45) is 8.63. The van der Waals surface area contributed by atoms with Crippen LogP contribution in [0.4, 0.5) is 0 Å². The quantitative estimate of drug-likeness (QED) is 0.691. The Bertz CT molecular complexity index is 361. The number of ether oxygens (including phenoxy) is 1. The predicted octanol–water partition coefficient (Wildman–Crippen LogP) is 4.41. The van der Waals surface area contributed by atoms with Gasteiger partial charge in [0.2, 0.25) is 0 Å². The molecule has 0 amide bonds.